The van der Waals surface area contributed by atoms with Crippen LogP contribution in [-0.2, 0) is 16.6 Å². The molecule has 0 radical (unpaired) electrons. The summed E-state index contributed by atoms with van der Waals surface area (Å²) in [6.07, 6.45) is 5.78. The maximum atomic E-state index is 13.1. The van der Waals surface area contributed by atoms with E-state index in [-0.39, 0.29) is 24.3 Å². The Balaban J connectivity index is 1.66. The average molecular weight is 501 g/mol. The summed E-state index contributed by atoms with van der Waals surface area (Å²) >= 11 is 0. The summed E-state index contributed by atoms with van der Waals surface area (Å²) in [5, 5.41) is 14.2. The molecule has 1 aliphatic rings. The van der Waals surface area contributed by atoms with E-state index in [0.717, 1.165) is 28.5 Å². The zero-order valence-corrected chi connectivity index (χ0v) is 22.9. The molecule has 5 nitrogen and oxygen atoms in total. The average Bonchev–Trinajstić information content (AvgIpc) is 3.34. The highest BCUT2D eigenvalue weighted by atomic mass is 16.4. The van der Waals surface area contributed by atoms with E-state index in [4.69, 9.17) is 10.1 Å². The molecular formula is C32H40N2O3. The maximum Gasteiger partial charge on any atom is 0.303 e. The lowest BCUT2D eigenvalue weighted by Crippen LogP contribution is -2.35. The molecule has 1 fully saturated rings. The third-order valence-corrected chi connectivity index (χ3v) is 7.54. The molecule has 0 aliphatic heterocycles. The normalized spacial score (nSPS) is 14.7. The molecule has 4 rings (SSSR count). The van der Waals surface area contributed by atoms with Gasteiger partial charge in [0.05, 0.1) is 6.42 Å². The lowest BCUT2D eigenvalue weighted by Gasteiger charge is -2.22. The number of pyridine rings is 1. The van der Waals surface area contributed by atoms with E-state index in [1.54, 1.807) is 0 Å². The Bertz CT molecular complexity index is 1280. The fourth-order valence-electron chi connectivity index (χ4n) is 5.30. The van der Waals surface area contributed by atoms with Crippen molar-refractivity contribution in [2.24, 2.45) is 11.3 Å². The second-order valence-electron chi connectivity index (χ2n) is 12.5. The number of hydrogen-bond acceptors (Lipinski definition) is 3. The lowest BCUT2D eigenvalue weighted by atomic mass is 9.86. The number of amides is 1. The molecule has 1 heterocycles. The van der Waals surface area contributed by atoms with Crippen molar-refractivity contribution in [2.75, 3.05) is 6.54 Å². The highest BCUT2D eigenvalue weighted by Gasteiger charge is 2.24. The van der Waals surface area contributed by atoms with E-state index in [1.807, 2.05) is 19.9 Å². The summed E-state index contributed by atoms with van der Waals surface area (Å²) in [5.41, 5.74) is 4.58. The van der Waals surface area contributed by atoms with Gasteiger partial charge in [-0.05, 0) is 57.4 Å². The first-order valence-electron chi connectivity index (χ1n) is 13.5. The second kappa shape index (κ2) is 10.6. The Morgan fingerprint density at radius 3 is 2.22 bits per heavy atom. The monoisotopic (exact) mass is 500 g/mol. The molecule has 2 aromatic carbocycles. The van der Waals surface area contributed by atoms with Gasteiger partial charge in [-0.25, -0.2) is 4.98 Å². The number of nitrogens with one attached hydrogen (secondary N) is 1. The first-order chi connectivity index (χ1) is 17.4. The van der Waals surface area contributed by atoms with Crippen molar-refractivity contribution in [2.45, 2.75) is 78.6 Å². The van der Waals surface area contributed by atoms with E-state index < -0.39 is 11.4 Å². The zero-order valence-electron chi connectivity index (χ0n) is 22.9. The van der Waals surface area contributed by atoms with E-state index in [2.05, 4.69) is 68.6 Å². The Morgan fingerprint density at radius 1 is 0.946 bits per heavy atom. The Hall–Kier alpha value is -3.21. The van der Waals surface area contributed by atoms with E-state index in [1.165, 1.54) is 36.8 Å². The van der Waals surface area contributed by atoms with Crippen LogP contribution in [0.5, 0.6) is 0 Å². The summed E-state index contributed by atoms with van der Waals surface area (Å²) in [6, 6.07) is 17.1. The second-order valence-corrected chi connectivity index (χ2v) is 12.5. The molecule has 0 bridgehead atoms. The van der Waals surface area contributed by atoms with Crippen LogP contribution in [0.4, 0.5) is 0 Å². The molecule has 1 amide bonds. The Kier molecular flexibility index (Phi) is 7.72. The number of aromatic nitrogens is 1. The standard InChI is InChI=1S/C32H40N2O3/c1-31(2,3)25-14-12-22(13-15-25)23-10-11-24-18-28(30(37)33-20-32(4,5)19-29(35)36)34-27(26(24)17-23)16-21-8-6-7-9-21/h10-15,17-18,21H,6-9,16,19-20H2,1-5H3,(H,33,37)(H,35,36). The summed E-state index contributed by atoms with van der Waals surface area (Å²) < 4.78 is 0. The number of carboxylic acids is 1. The van der Waals surface area contributed by atoms with Gasteiger partial charge in [-0.1, -0.05) is 96.7 Å². The van der Waals surface area contributed by atoms with Crippen molar-refractivity contribution in [1.29, 1.82) is 0 Å². The third-order valence-electron chi connectivity index (χ3n) is 7.54. The van der Waals surface area contributed by atoms with Crippen molar-refractivity contribution in [1.82, 2.24) is 10.3 Å². The number of fused-ring (bicyclic) bond motifs is 1. The van der Waals surface area contributed by atoms with Crippen molar-refractivity contribution >= 4 is 22.6 Å². The van der Waals surface area contributed by atoms with Crippen molar-refractivity contribution in [3.8, 4) is 11.1 Å². The van der Waals surface area contributed by atoms with Gasteiger partial charge >= 0.3 is 5.97 Å². The molecule has 0 saturated heterocycles. The molecule has 3 aromatic rings. The van der Waals surface area contributed by atoms with Gasteiger partial charge in [0.25, 0.3) is 5.91 Å². The van der Waals surface area contributed by atoms with Crippen LogP contribution in [0.2, 0.25) is 0 Å². The molecular weight excluding hydrogens is 460 g/mol. The first-order valence-corrected chi connectivity index (χ1v) is 13.5. The topological polar surface area (TPSA) is 79.3 Å². The minimum absolute atomic E-state index is 0.00906. The number of hydrogen-bond donors (Lipinski definition) is 2. The third kappa shape index (κ3) is 6.76. The number of nitrogens with zero attached hydrogens (tertiary/aromatic N) is 1. The molecule has 37 heavy (non-hydrogen) atoms. The highest BCUT2D eigenvalue weighted by Crippen LogP contribution is 2.33. The highest BCUT2D eigenvalue weighted by molar-refractivity contribution is 5.98. The molecule has 0 atom stereocenters. The molecule has 1 saturated carbocycles. The predicted molar refractivity (Wildman–Crippen MR) is 150 cm³/mol. The van der Waals surface area contributed by atoms with Crippen LogP contribution in [0.3, 0.4) is 0 Å². The number of aliphatic carboxylic acids is 1. The fraction of sp³-hybridized carbons (Fsp3) is 0.469. The van der Waals surface area contributed by atoms with Gasteiger partial charge < -0.3 is 10.4 Å². The number of carbonyl (C=O) groups is 2. The molecule has 196 valence electrons. The summed E-state index contributed by atoms with van der Waals surface area (Å²) in [5.74, 6) is -0.529. The number of carbonyl (C=O) groups excluding carboxylic acids is 1. The van der Waals surface area contributed by atoms with Crippen LogP contribution in [0.25, 0.3) is 21.9 Å². The predicted octanol–water partition coefficient (Wildman–Crippen LogP) is 7.16. The SMILES string of the molecule is CC(C)(CNC(=O)c1cc2ccc(-c3ccc(C(C)(C)C)cc3)cc2c(CC2CCCC2)n1)CC(=O)O. The molecule has 5 heteroatoms. The minimum atomic E-state index is -0.870. The van der Waals surface area contributed by atoms with Gasteiger partial charge in [0, 0.05) is 17.6 Å². The van der Waals surface area contributed by atoms with E-state index in [9.17, 15) is 9.59 Å². The van der Waals surface area contributed by atoms with Crippen LogP contribution in [-0.4, -0.2) is 28.5 Å². The largest absolute Gasteiger partial charge is 0.481 e. The van der Waals surface area contributed by atoms with Gasteiger partial charge in [0.1, 0.15) is 5.69 Å². The molecule has 0 spiro atoms. The zero-order chi connectivity index (χ0) is 26.8. The van der Waals surface area contributed by atoms with Gasteiger partial charge in [-0.2, -0.15) is 0 Å². The fourth-order valence-corrected chi connectivity index (χ4v) is 5.30. The summed E-state index contributed by atoms with van der Waals surface area (Å²) in [4.78, 5) is 29.1. The number of rotatable bonds is 8. The Labute approximate surface area is 220 Å². The van der Waals surface area contributed by atoms with Crippen molar-refractivity contribution in [3.05, 3.63) is 65.5 Å². The van der Waals surface area contributed by atoms with Gasteiger partial charge in [-0.15, -0.1) is 0 Å². The molecule has 1 aliphatic carbocycles. The molecule has 2 N–H and O–H groups in total. The van der Waals surface area contributed by atoms with Gasteiger partial charge in [-0.3, -0.25) is 9.59 Å². The van der Waals surface area contributed by atoms with Gasteiger partial charge in [0.2, 0.25) is 0 Å². The maximum absolute atomic E-state index is 13.1. The summed E-state index contributed by atoms with van der Waals surface area (Å²) in [7, 11) is 0. The van der Waals surface area contributed by atoms with Crippen molar-refractivity contribution in [3.63, 3.8) is 0 Å². The number of benzene rings is 2. The van der Waals surface area contributed by atoms with Crippen molar-refractivity contribution < 1.29 is 14.7 Å². The van der Waals surface area contributed by atoms with Gasteiger partial charge in [0.15, 0.2) is 0 Å². The lowest BCUT2D eigenvalue weighted by molar-refractivity contribution is -0.139. The van der Waals surface area contributed by atoms with Crippen LogP contribution < -0.4 is 5.32 Å². The van der Waals surface area contributed by atoms with Crippen LogP contribution in [0, 0.1) is 11.3 Å². The van der Waals surface area contributed by atoms with Crippen LogP contribution >= 0.6 is 0 Å². The Morgan fingerprint density at radius 2 is 1.59 bits per heavy atom. The van der Waals surface area contributed by atoms with Crippen LogP contribution in [0.1, 0.15) is 88.5 Å². The van der Waals surface area contributed by atoms with E-state index in [0.29, 0.717) is 11.6 Å². The quantitative estimate of drug-likeness (QED) is 0.344. The summed E-state index contributed by atoms with van der Waals surface area (Å²) in [6.45, 7) is 10.6. The van der Waals surface area contributed by atoms with E-state index >= 15 is 0 Å². The first kappa shape index (κ1) is 26.8. The van der Waals surface area contributed by atoms with Crippen LogP contribution in [0.15, 0.2) is 48.5 Å². The molecule has 1 aromatic heterocycles. The minimum Gasteiger partial charge on any atom is -0.481 e. The number of carboxylic acid groups (broad SMARTS) is 1. The molecule has 0 unspecified atom stereocenters. The smallest absolute Gasteiger partial charge is 0.303 e.